The first kappa shape index (κ1) is 59.5. The van der Waals surface area contributed by atoms with Crippen LogP contribution in [-0.2, 0) is 86.7 Å². The lowest BCUT2D eigenvalue weighted by Crippen LogP contribution is -2.68. The van der Waals surface area contributed by atoms with E-state index in [1.807, 2.05) is 133 Å². The molecule has 0 aromatic heterocycles. The summed E-state index contributed by atoms with van der Waals surface area (Å²) in [6.07, 6.45) is -3.05. The van der Waals surface area contributed by atoms with Crippen LogP contribution in [0.1, 0.15) is 54.2 Å². The molecule has 2 fully saturated rings. The van der Waals surface area contributed by atoms with E-state index in [9.17, 15) is 0 Å². The fourth-order valence-corrected chi connectivity index (χ4v) is 15.9. The zero-order valence-electron chi connectivity index (χ0n) is 48.1. The molecule has 2 heterocycles. The summed E-state index contributed by atoms with van der Waals surface area (Å²) in [5, 5.41) is 2.00. The van der Waals surface area contributed by atoms with Crippen LogP contribution in [0.3, 0.4) is 0 Å². The summed E-state index contributed by atoms with van der Waals surface area (Å²) in [5.41, 5.74) is 6.05. The average Bonchev–Trinajstić information content (AvgIpc) is 3.72. The Balaban J connectivity index is 1.07. The van der Waals surface area contributed by atoms with E-state index in [2.05, 4.69) is 142 Å². The highest BCUT2D eigenvalue weighted by Gasteiger charge is 2.54. The zero-order valence-corrected chi connectivity index (χ0v) is 49.1. The minimum absolute atomic E-state index is 0.179. The van der Waals surface area contributed by atoms with E-state index >= 15 is 0 Å². The van der Waals surface area contributed by atoms with Crippen LogP contribution in [0.5, 0.6) is 0 Å². The van der Waals surface area contributed by atoms with Gasteiger partial charge in [0.15, 0.2) is 6.29 Å². The van der Waals surface area contributed by atoms with Gasteiger partial charge in [-0.15, -0.1) is 0 Å². The normalized spacial score (nSPS) is 23.0. The van der Waals surface area contributed by atoms with Gasteiger partial charge in [-0.1, -0.05) is 276 Å². The Morgan fingerprint density at radius 1 is 0.349 bits per heavy atom. The molecule has 83 heavy (non-hydrogen) atoms. The Kier molecular flexibility index (Phi) is 21.3. The maximum Gasteiger partial charge on any atom is 0.261 e. The third kappa shape index (κ3) is 15.6. The van der Waals surface area contributed by atoms with Gasteiger partial charge < -0.3 is 47.1 Å². The number of hydrogen-bond donors (Lipinski definition) is 0. The second-order valence-corrected chi connectivity index (χ2v) is 26.6. The third-order valence-electron chi connectivity index (χ3n) is 15.5. The molecule has 2 aliphatic heterocycles. The smallest absolute Gasteiger partial charge is 0.261 e. The predicted octanol–water partition coefficient (Wildman–Crippen LogP) is 12.8. The highest BCUT2D eigenvalue weighted by atomic mass is 28.4. The molecule has 0 bridgehead atoms. The number of methoxy groups -OCH3 is 1. The van der Waals surface area contributed by atoms with Crippen molar-refractivity contribution in [1.82, 2.24) is 0 Å². The number of benzene rings is 8. The molecule has 8 aromatic rings. The van der Waals surface area contributed by atoms with E-state index in [4.69, 9.17) is 47.1 Å². The first-order valence-corrected chi connectivity index (χ1v) is 30.9. The lowest BCUT2D eigenvalue weighted by molar-refractivity contribution is -0.309. The minimum Gasteiger partial charge on any atom is -0.405 e. The molecule has 10 atom stereocenters. The molecule has 10 nitrogen and oxygen atoms in total. The first-order chi connectivity index (χ1) is 40.8. The van der Waals surface area contributed by atoms with Gasteiger partial charge in [0.2, 0.25) is 0 Å². The van der Waals surface area contributed by atoms with Crippen LogP contribution in [-0.4, -0.2) is 83.3 Å². The summed E-state index contributed by atoms with van der Waals surface area (Å²) < 4.78 is 71.3. The average molecular weight is 1130 g/mol. The lowest BCUT2D eigenvalue weighted by Gasteiger charge is -2.48. The van der Waals surface area contributed by atoms with E-state index < -0.39 is 69.5 Å². The van der Waals surface area contributed by atoms with Crippen molar-refractivity contribution < 1.29 is 47.1 Å². The van der Waals surface area contributed by atoms with Crippen molar-refractivity contribution in [2.75, 3.05) is 13.7 Å². The second-order valence-electron chi connectivity index (χ2n) is 22.3. The van der Waals surface area contributed by atoms with E-state index in [1.54, 1.807) is 7.11 Å². The monoisotopic (exact) mass is 1130 g/mol. The molecule has 0 spiro atoms. The van der Waals surface area contributed by atoms with Crippen molar-refractivity contribution >= 4 is 18.7 Å². The van der Waals surface area contributed by atoms with E-state index in [-0.39, 0.29) is 24.9 Å². The molecule has 2 saturated heterocycles. The van der Waals surface area contributed by atoms with Crippen molar-refractivity contribution in [2.45, 2.75) is 127 Å². The molecule has 0 radical (unpaired) electrons. The fourth-order valence-electron chi connectivity index (χ4n) is 11.3. The summed E-state index contributed by atoms with van der Waals surface area (Å²) in [5.74, 6) is 0. The van der Waals surface area contributed by atoms with Crippen LogP contribution >= 0.6 is 0 Å². The van der Waals surface area contributed by atoms with Crippen LogP contribution < -0.4 is 10.4 Å². The third-order valence-corrected chi connectivity index (χ3v) is 20.5. The van der Waals surface area contributed by atoms with Crippen LogP contribution in [0.15, 0.2) is 255 Å². The molecule has 8 aromatic carbocycles. The van der Waals surface area contributed by atoms with Crippen molar-refractivity contribution in [2.24, 2.45) is 0 Å². The van der Waals surface area contributed by atoms with E-state index in [0.29, 0.717) is 26.4 Å². The Labute approximate surface area is 492 Å². The van der Waals surface area contributed by atoms with Crippen molar-refractivity contribution in [1.29, 1.82) is 0 Å². The van der Waals surface area contributed by atoms with Gasteiger partial charge in [0.05, 0.1) is 46.2 Å². The Morgan fingerprint density at radius 3 is 0.952 bits per heavy atom. The molecule has 0 unspecified atom stereocenters. The SMILES string of the molecule is CO[C@H]1O[C@H](/C=C/[C@@H]2O[C@H](CO[Si](c3ccccc3)(c3ccccc3)C(C)(C)C)[C@H](OCc3ccccc3)[C@H](OCc3ccccc3)[C@H]2OCc2ccccc2)[C@H](OCc2ccccc2)[C@H](OCc2ccccc2)[C@H]1OCc1ccccc1. The molecule has 0 amide bonds. The number of ether oxygens (including phenoxy) is 9. The molecule has 430 valence electrons. The highest BCUT2D eigenvalue weighted by molar-refractivity contribution is 6.99. The zero-order chi connectivity index (χ0) is 57.1. The largest absolute Gasteiger partial charge is 0.405 e. The van der Waals surface area contributed by atoms with Gasteiger partial charge >= 0.3 is 0 Å². The number of hydrogen-bond acceptors (Lipinski definition) is 10. The topological polar surface area (TPSA) is 92.3 Å². The van der Waals surface area contributed by atoms with E-state index in [1.165, 1.54) is 0 Å². The van der Waals surface area contributed by atoms with Crippen LogP contribution in [0.2, 0.25) is 5.04 Å². The molecule has 0 saturated carbocycles. The van der Waals surface area contributed by atoms with Crippen molar-refractivity contribution in [3.8, 4) is 0 Å². The molecule has 11 heteroatoms. The summed E-state index contributed by atoms with van der Waals surface area (Å²) in [7, 11) is -1.48. The van der Waals surface area contributed by atoms with Gasteiger partial charge in [0.25, 0.3) is 8.32 Å². The minimum atomic E-state index is -3.12. The Bertz CT molecular complexity index is 3080. The molecule has 10 rings (SSSR count). The van der Waals surface area contributed by atoms with Gasteiger partial charge in [0.1, 0.15) is 54.9 Å². The molecular weight excluding hydrogens is 1050 g/mol. The van der Waals surface area contributed by atoms with Gasteiger partial charge in [-0.3, -0.25) is 0 Å². The van der Waals surface area contributed by atoms with Crippen molar-refractivity contribution in [3.05, 3.63) is 288 Å². The lowest BCUT2D eigenvalue weighted by atomic mass is 9.92. The molecule has 0 N–H and O–H groups in total. The van der Waals surface area contributed by atoms with Crippen LogP contribution in [0.25, 0.3) is 0 Å². The van der Waals surface area contributed by atoms with E-state index in [0.717, 1.165) is 43.8 Å². The van der Waals surface area contributed by atoms with Crippen LogP contribution in [0, 0.1) is 0 Å². The second kappa shape index (κ2) is 29.7. The molecule has 2 aliphatic rings. The number of rotatable bonds is 26. The van der Waals surface area contributed by atoms with Crippen LogP contribution in [0.4, 0.5) is 0 Å². The van der Waals surface area contributed by atoms with Gasteiger partial charge in [-0.05, 0) is 48.8 Å². The fraction of sp³-hybridized carbons (Fsp3) is 0.306. The Hall–Kier alpha value is -6.68. The Morgan fingerprint density at radius 2 is 0.627 bits per heavy atom. The van der Waals surface area contributed by atoms with Gasteiger partial charge in [-0.2, -0.15) is 0 Å². The summed E-state index contributed by atoms with van der Waals surface area (Å²) in [6.45, 7) is 8.81. The summed E-state index contributed by atoms with van der Waals surface area (Å²) in [6, 6.07) is 82.4. The standard InChI is InChI=1S/C72H78O10Si/c1-72(2,3)83(60-41-25-11-26-42-60,61-43-27-12-28-44-61)80-53-64-67(76-49-56-33-17-7-18-34-56)68(77-50-57-35-19-8-20-36-57)65(74-47-54-29-13-5-14-30-54)62(81-64)45-46-63-66(75-48-55-31-15-6-16-32-55)69(78-51-58-37-21-9-22-38-58)70(71(73-4)82-63)79-52-59-39-23-10-24-40-59/h5-46,62-71H,47-53H2,1-4H3/b46-45+/t62-,63+,64+,65-,66-,67-,68+,69-,70+,71-/m0/s1. The highest BCUT2D eigenvalue weighted by Crippen LogP contribution is 2.39. The molecule has 0 aliphatic carbocycles. The van der Waals surface area contributed by atoms with Crippen molar-refractivity contribution in [3.63, 3.8) is 0 Å². The van der Waals surface area contributed by atoms with Gasteiger partial charge in [0, 0.05) is 7.11 Å². The quantitative estimate of drug-likeness (QED) is 0.0386. The predicted molar refractivity (Wildman–Crippen MR) is 327 cm³/mol. The molecular formula is C72H78O10Si. The summed E-state index contributed by atoms with van der Waals surface area (Å²) in [4.78, 5) is 0. The van der Waals surface area contributed by atoms with Gasteiger partial charge in [-0.25, -0.2) is 0 Å². The maximum absolute atomic E-state index is 7.79. The first-order valence-electron chi connectivity index (χ1n) is 29.0. The summed E-state index contributed by atoms with van der Waals surface area (Å²) >= 11 is 0. The maximum atomic E-state index is 7.79.